The van der Waals surface area contributed by atoms with Crippen LogP contribution in [0.4, 0.5) is 11.4 Å². The molecular formula is C20H22N2O3. The van der Waals surface area contributed by atoms with Gasteiger partial charge in [-0.25, -0.2) is 0 Å². The lowest BCUT2D eigenvalue weighted by Crippen LogP contribution is -2.35. The molecule has 0 saturated carbocycles. The van der Waals surface area contributed by atoms with E-state index in [0.29, 0.717) is 23.4 Å². The number of para-hydroxylation sites is 1. The van der Waals surface area contributed by atoms with Crippen LogP contribution in [0.2, 0.25) is 0 Å². The number of carbonyl (C=O) groups excluding carboxylic acids is 2. The van der Waals surface area contributed by atoms with Gasteiger partial charge in [0, 0.05) is 24.3 Å². The normalized spacial score (nSPS) is 14.3. The molecule has 1 aliphatic heterocycles. The number of methoxy groups -OCH3 is 1. The van der Waals surface area contributed by atoms with Gasteiger partial charge in [0.1, 0.15) is 5.75 Å². The predicted molar refractivity (Wildman–Crippen MR) is 98.3 cm³/mol. The van der Waals surface area contributed by atoms with E-state index in [0.717, 1.165) is 30.6 Å². The molecule has 2 aromatic rings. The summed E-state index contributed by atoms with van der Waals surface area (Å²) in [7, 11) is 1.54. The summed E-state index contributed by atoms with van der Waals surface area (Å²) in [5.74, 6) is 0.478. The van der Waals surface area contributed by atoms with E-state index < -0.39 is 0 Å². The third-order valence-electron chi connectivity index (χ3n) is 4.42. The zero-order valence-electron chi connectivity index (χ0n) is 14.5. The van der Waals surface area contributed by atoms with Gasteiger partial charge >= 0.3 is 0 Å². The summed E-state index contributed by atoms with van der Waals surface area (Å²) in [6, 6.07) is 12.7. The monoisotopic (exact) mass is 338 g/mol. The molecule has 0 aliphatic carbocycles. The number of hydrogen-bond donors (Lipinski definition) is 1. The van der Waals surface area contributed by atoms with Gasteiger partial charge in [-0.2, -0.15) is 0 Å². The molecule has 0 atom stereocenters. The molecule has 5 nitrogen and oxygen atoms in total. The molecule has 0 bridgehead atoms. The number of nitrogens with zero attached hydrogens (tertiary/aromatic N) is 1. The van der Waals surface area contributed by atoms with Gasteiger partial charge in [-0.1, -0.05) is 12.1 Å². The highest BCUT2D eigenvalue weighted by Gasteiger charge is 2.21. The van der Waals surface area contributed by atoms with Gasteiger partial charge in [-0.15, -0.1) is 0 Å². The lowest BCUT2D eigenvalue weighted by molar-refractivity contribution is -0.119. The van der Waals surface area contributed by atoms with E-state index >= 15 is 0 Å². The van der Waals surface area contributed by atoms with Crippen LogP contribution in [0, 0.1) is 6.92 Å². The number of benzene rings is 2. The Morgan fingerprint density at radius 3 is 2.68 bits per heavy atom. The zero-order valence-corrected chi connectivity index (χ0v) is 14.5. The predicted octanol–water partition coefficient (Wildman–Crippen LogP) is 3.77. The third kappa shape index (κ3) is 3.65. The number of aryl methyl sites for hydroxylation is 1. The second-order valence-electron chi connectivity index (χ2n) is 6.16. The van der Waals surface area contributed by atoms with Crippen LogP contribution in [-0.2, 0) is 4.79 Å². The minimum Gasteiger partial charge on any atom is -0.496 e. The second kappa shape index (κ2) is 7.38. The van der Waals surface area contributed by atoms with Crippen LogP contribution in [0.1, 0.15) is 35.2 Å². The fraction of sp³-hybridized carbons (Fsp3) is 0.300. The summed E-state index contributed by atoms with van der Waals surface area (Å²) < 4.78 is 5.23. The molecule has 1 N–H and O–H groups in total. The van der Waals surface area contributed by atoms with E-state index in [1.54, 1.807) is 25.3 Å². The minimum atomic E-state index is -0.223. The third-order valence-corrected chi connectivity index (χ3v) is 4.42. The Kier molecular flexibility index (Phi) is 5.03. The zero-order chi connectivity index (χ0) is 17.8. The molecule has 130 valence electrons. The number of anilines is 2. The molecule has 0 unspecified atom stereocenters. The van der Waals surface area contributed by atoms with Gasteiger partial charge in [0.25, 0.3) is 5.91 Å². The van der Waals surface area contributed by atoms with E-state index in [-0.39, 0.29) is 11.8 Å². The van der Waals surface area contributed by atoms with E-state index in [1.165, 1.54) is 0 Å². The quantitative estimate of drug-likeness (QED) is 0.923. The van der Waals surface area contributed by atoms with Crippen molar-refractivity contribution in [3.8, 4) is 5.75 Å². The molecule has 1 heterocycles. The molecule has 2 amide bonds. The van der Waals surface area contributed by atoms with Crippen molar-refractivity contribution in [3.05, 3.63) is 53.6 Å². The maximum atomic E-state index is 12.5. The average Bonchev–Trinajstić information content (AvgIpc) is 2.62. The Bertz CT molecular complexity index is 801. The van der Waals surface area contributed by atoms with E-state index in [2.05, 4.69) is 5.32 Å². The Morgan fingerprint density at radius 1 is 1.16 bits per heavy atom. The van der Waals surface area contributed by atoms with Gasteiger partial charge in [-0.3, -0.25) is 9.59 Å². The van der Waals surface area contributed by atoms with Crippen molar-refractivity contribution in [1.29, 1.82) is 0 Å². The Labute approximate surface area is 147 Å². The maximum Gasteiger partial charge on any atom is 0.259 e. The van der Waals surface area contributed by atoms with Crippen LogP contribution in [0.25, 0.3) is 0 Å². The van der Waals surface area contributed by atoms with Crippen LogP contribution in [-0.4, -0.2) is 25.5 Å². The van der Waals surface area contributed by atoms with Crippen LogP contribution >= 0.6 is 0 Å². The highest BCUT2D eigenvalue weighted by molar-refractivity contribution is 6.06. The van der Waals surface area contributed by atoms with Gasteiger partial charge in [0.15, 0.2) is 0 Å². The molecular weight excluding hydrogens is 316 g/mol. The highest BCUT2D eigenvalue weighted by Crippen LogP contribution is 2.27. The van der Waals surface area contributed by atoms with E-state index in [4.69, 9.17) is 4.74 Å². The first kappa shape index (κ1) is 17.0. The number of piperidine rings is 1. The maximum absolute atomic E-state index is 12.5. The first-order valence-electron chi connectivity index (χ1n) is 8.45. The first-order valence-corrected chi connectivity index (χ1v) is 8.45. The van der Waals surface area contributed by atoms with Crippen molar-refractivity contribution in [1.82, 2.24) is 0 Å². The van der Waals surface area contributed by atoms with Crippen LogP contribution < -0.4 is 15.0 Å². The molecule has 0 spiro atoms. The van der Waals surface area contributed by atoms with Crippen molar-refractivity contribution in [2.24, 2.45) is 0 Å². The topological polar surface area (TPSA) is 58.6 Å². The standard InChI is InChI=1S/C20H22N2O3/c1-14-13-15(10-11-17(14)22-12-6-5-9-19(22)23)21-20(24)16-7-3-4-8-18(16)25-2/h3-4,7-8,10-11,13H,5-6,9,12H2,1-2H3,(H,21,24). The Hall–Kier alpha value is -2.82. The minimum absolute atomic E-state index is 0.167. The summed E-state index contributed by atoms with van der Waals surface area (Å²) in [5.41, 5.74) is 3.06. The molecule has 3 rings (SSSR count). The smallest absolute Gasteiger partial charge is 0.259 e. The number of hydrogen-bond acceptors (Lipinski definition) is 3. The molecule has 2 aromatic carbocycles. The molecule has 0 radical (unpaired) electrons. The Morgan fingerprint density at radius 2 is 1.96 bits per heavy atom. The fourth-order valence-electron chi connectivity index (χ4n) is 3.13. The van der Waals surface area contributed by atoms with Crippen molar-refractivity contribution in [2.45, 2.75) is 26.2 Å². The van der Waals surface area contributed by atoms with Gasteiger partial charge < -0.3 is 15.0 Å². The van der Waals surface area contributed by atoms with Crippen LogP contribution in [0.15, 0.2) is 42.5 Å². The molecule has 0 aromatic heterocycles. The van der Waals surface area contributed by atoms with E-state index in [9.17, 15) is 9.59 Å². The number of nitrogens with one attached hydrogen (secondary N) is 1. The lowest BCUT2D eigenvalue weighted by atomic mass is 10.1. The Balaban J connectivity index is 1.79. The van der Waals surface area contributed by atoms with Crippen molar-refractivity contribution < 1.29 is 14.3 Å². The summed E-state index contributed by atoms with van der Waals surface area (Å²) in [6.07, 6.45) is 2.59. The average molecular weight is 338 g/mol. The highest BCUT2D eigenvalue weighted by atomic mass is 16.5. The number of carbonyl (C=O) groups is 2. The number of ether oxygens (including phenoxy) is 1. The van der Waals surface area contributed by atoms with Crippen LogP contribution in [0.5, 0.6) is 5.75 Å². The van der Waals surface area contributed by atoms with Crippen molar-refractivity contribution >= 4 is 23.2 Å². The largest absolute Gasteiger partial charge is 0.496 e. The van der Waals surface area contributed by atoms with Crippen molar-refractivity contribution in [2.75, 3.05) is 23.9 Å². The van der Waals surface area contributed by atoms with Gasteiger partial charge in [0.05, 0.1) is 12.7 Å². The van der Waals surface area contributed by atoms with Crippen molar-refractivity contribution in [3.63, 3.8) is 0 Å². The number of rotatable bonds is 4. The summed E-state index contributed by atoms with van der Waals surface area (Å²) in [6.45, 7) is 2.71. The molecule has 1 aliphatic rings. The molecule has 5 heteroatoms. The van der Waals surface area contributed by atoms with Gasteiger partial charge in [-0.05, 0) is 55.7 Å². The van der Waals surface area contributed by atoms with Crippen LogP contribution in [0.3, 0.4) is 0 Å². The summed E-state index contributed by atoms with van der Waals surface area (Å²) in [5, 5.41) is 2.89. The molecule has 25 heavy (non-hydrogen) atoms. The van der Waals surface area contributed by atoms with E-state index in [1.807, 2.05) is 36.1 Å². The van der Waals surface area contributed by atoms with Gasteiger partial charge in [0.2, 0.25) is 5.91 Å². The summed E-state index contributed by atoms with van der Waals surface area (Å²) in [4.78, 5) is 26.4. The summed E-state index contributed by atoms with van der Waals surface area (Å²) >= 11 is 0. The number of amides is 2. The SMILES string of the molecule is COc1ccccc1C(=O)Nc1ccc(N2CCCCC2=O)c(C)c1. The fourth-order valence-corrected chi connectivity index (χ4v) is 3.13. The first-order chi connectivity index (χ1) is 12.1. The molecule has 1 saturated heterocycles. The molecule has 1 fully saturated rings. The second-order valence-corrected chi connectivity index (χ2v) is 6.16. The lowest BCUT2D eigenvalue weighted by Gasteiger charge is -2.28.